The zero-order valence-corrected chi connectivity index (χ0v) is 4.72. The highest BCUT2D eigenvalue weighted by Gasteiger charge is 1.80. The van der Waals surface area contributed by atoms with E-state index >= 15 is 0 Å². The van der Waals surface area contributed by atoms with Crippen LogP contribution < -0.4 is 0 Å². The molecule has 0 aromatic carbocycles. The molecule has 31 valence electrons. The Kier molecular flexibility index (Phi) is 2.88. The molecule has 1 radical (unpaired) electrons. The molecule has 0 nitrogen and oxygen atoms in total. The van der Waals surface area contributed by atoms with Crippen molar-refractivity contribution >= 4 is 9.24 Å². The summed E-state index contributed by atoms with van der Waals surface area (Å²) in [6.45, 7) is 5.84. The maximum atomic E-state index is 3.72. The van der Waals surface area contributed by atoms with Gasteiger partial charge < -0.3 is 0 Å². The fourth-order valence-electron chi connectivity index (χ4n) is 0. The van der Waals surface area contributed by atoms with Crippen LogP contribution in [0.5, 0.6) is 0 Å². The van der Waals surface area contributed by atoms with E-state index in [1.165, 1.54) is 0 Å². The van der Waals surface area contributed by atoms with E-state index in [1.807, 2.05) is 0 Å². The highest BCUT2D eigenvalue weighted by Crippen LogP contribution is 1.99. The van der Waals surface area contributed by atoms with Gasteiger partial charge in [0.25, 0.3) is 0 Å². The van der Waals surface area contributed by atoms with Crippen LogP contribution in [0, 0.1) is 6.92 Å². The Bertz CT molecular complexity index is 17.6. The minimum Gasteiger partial charge on any atom is -0.134 e. The van der Waals surface area contributed by atoms with E-state index in [-0.39, 0.29) is 0 Å². The van der Waals surface area contributed by atoms with Crippen molar-refractivity contribution in [2.45, 2.75) is 19.0 Å². The van der Waals surface area contributed by atoms with Gasteiger partial charge in [-0.15, -0.1) is 9.24 Å². The molecule has 0 heterocycles. The molecule has 5 heavy (non-hydrogen) atoms. The van der Waals surface area contributed by atoms with Crippen molar-refractivity contribution in [2.75, 3.05) is 0 Å². The topological polar surface area (TPSA) is 0 Å². The van der Waals surface area contributed by atoms with E-state index in [1.54, 1.807) is 0 Å². The Labute approximate surface area is 36.2 Å². The third kappa shape index (κ3) is 4.43. The van der Waals surface area contributed by atoms with Crippen LogP contribution in [0.15, 0.2) is 0 Å². The lowest BCUT2D eigenvalue weighted by Crippen LogP contribution is -1.80. The minimum atomic E-state index is 0.551. The zero-order chi connectivity index (χ0) is 4.28. The van der Waals surface area contributed by atoms with Gasteiger partial charge in [0.1, 0.15) is 0 Å². The summed E-state index contributed by atoms with van der Waals surface area (Å²) in [6, 6.07) is 0. The average molecular weight is 89.1 g/mol. The molecular formula is C4H10P. The number of hydrogen-bond acceptors (Lipinski definition) is 0. The molecular weight excluding hydrogens is 79.0 g/mol. The van der Waals surface area contributed by atoms with Crippen LogP contribution in [-0.2, 0) is 0 Å². The highest BCUT2D eigenvalue weighted by molar-refractivity contribution is 7.17. The number of rotatable bonds is 1. The van der Waals surface area contributed by atoms with Gasteiger partial charge in [0.15, 0.2) is 0 Å². The minimum absolute atomic E-state index is 0.551. The van der Waals surface area contributed by atoms with Crippen molar-refractivity contribution in [3.63, 3.8) is 0 Å². The Morgan fingerprint density at radius 3 is 2.20 bits per heavy atom. The van der Waals surface area contributed by atoms with Crippen LogP contribution in [0.2, 0.25) is 0 Å². The summed E-state index contributed by atoms with van der Waals surface area (Å²) < 4.78 is 0. The van der Waals surface area contributed by atoms with Crippen molar-refractivity contribution in [2.24, 2.45) is 0 Å². The number of hydrogen-bond donors (Lipinski definition) is 0. The summed E-state index contributed by atoms with van der Waals surface area (Å²) in [5.41, 5.74) is 0.551. The van der Waals surface area contributed by atoms with Crippen LogP contribution >= 0.6 is 9.24 Å². The first-order chi connectivity index (χ1) is 2.27. The molecule has 0 spiro atoms. The second-order valence-electron chi connectivity index (χ2n) is 1.17. The van der Waals surface area contributed by atoms with Crippen LogP contribution in [0.1, 0.15) is 13.3 Å². The molecule has 0 fully saturated rings. The van der Waals surface area contributed by atoms with Gasteiger partial charge in [0.05, 0.1) is 0 Å². The van der Waals surface area contributed by atoms with Crippen molar-refractivity contribution in [1.82, 2.24) is 0 Å². The van der Waals surface area contributed by atoms with Gasteiger partial charge >= 0.3 is 0 Å². The Morgan fingerprint density at radius 1 is 2.00 bits per heavy atom. The van der Waals surface area contributed by atoms with Crippen LogP contribution in [0.25, 0.3) is 0 Å². The van der Waals surface area contributed by atoms with Gasteiger partial charge in [0, 0.05) is 0 Å². The SMILES string of the molecule is [CH2]C(P)CC. The summed E-state index contributed by atoms with van der Waals surface area (Å²) >= 11 is 0. The lowest BCUT2D eigenvalue weighted by atomic mass is 10.4. The van der Waals surface area contributed by atoms with Gasteiger partial charge in [0.2, 0.25) is 0 Å². The molecule has 2 unspecified atom stereocenters. The smallest absolute Gasteiger partial charge is 0.0267 e. The second kappa shape index (κ2) is 2.66. The molecule has 0 aromatic rings. The van der Waals surface area contributed by atoms with Crippen molar-refractivity contribution in [3.05, 3.63) is 6.92 Å². The summed E-state index contributed by atoms with van der Waals surface area (Å²) in [5.74, 6) is 0. The third-order valence-electron chi connectivity index (χ3n) is 0.524. The van der Waals surface area contributed by atoms with E-state index in [0.29, 0.717) is 5.66 Å². The molecule has 0 saturated carbocycles. The van der Waals surface area contributed by atoms with Crippen molar-refractivity contribution in [3.8, 4) is 0 Å². The van der Waals surface area contributed by atoms with E-state index in [0.717, 1.165) is 6.42 Å². The molecule has 0 rings (SSSR count). The predicted octanol–water partition coefficient (Wildman–Crippen LogP) is 1.47. The predicted molar refractivity (Wildman–Crippen MR) is 29.1 cm³/mol. The highest BCUT2D eigenvalue weighted by atomic mass is 31.0. The normalized spacial score (nSPS) is 15.0. The molecule has 0 N–H and O–H groups in total. The summed E-state index contributed by atoms with van der Waals surface area (Å²) in [5, 5.41) is 0. The molecule has 0 amide bonds. The van der Waals surface area contributed by atoms with Gasteiger partial charge in [-0.05, 0) is 19.0 Å². The molecule has 2 atom stereocenters. The van der Waals surface area contributed by atoms with Gasteiger partial charge in [-0.25, -0.2) is 0 Å². The molecule has 1 heteroatoms. The van der Waals surface area contributed by atoms with Crippen LogP contribution in [0.3, 0.4) is 0 Å². The lowest BCUT2D eigenvalue weighted by molar-refractivity contribution is 0.976. The molecule has 0 aliphatic rings. The standard InChI is InChI=1S/C4H10P/c1-3-4(2)5/h4H,2-3,5H2,1H3. The third-order valence-corrected chi connectivity index (χ3v) is 0.996. The van der Waals surface area contributed by atoms with Crippen molar-refractivity contribution < 1.29 is 0 Å². The van der Waals surface area contributed by atoms with Crippen LogP contribution in [-0.4, -0.2) is 5.66 Å². The molecule has 0 saturated heterocycles. The monoisotopic (exact) mass is 89.1 g/mol. The molecule has 0 aliphatic heterocycles. The van der Waals surface area contributed by atoms with Crippen molar-refractivity contribution in [1.29, 1.82) is 0 Å². The maximum Gasteiger partial charge on any atom is -0.0267 e. The largest absolute Gasteiger partial charge is 0.134 e. The summed E-state index contributed by atoms with van der Waals surface area (Å²) in [6.07, 6.45) is 1.16. The van der Waals surface area contributed by atoms with Crippen LogP contribution in [0.4, 0.5) is 0 Å². The fraction of sp³-hybridized carbons (Fsp3) is 0.750. The Hall–Kier alpha value is 0.430. The fourth-order valence-corrected chi connectivity index (χ4v) is 0. The Morgan fingerprint density at radius 2 is 2.20 bits per heavy atom. The first-order valence-electron chi connectivity index (χ1n) is 1.86. The molecule has 0 bridgehead atoms. The van der Waals surface area contributed by atoms with E-state index < -0.39 is 0 Å². The van der Waals surface area contributed by atoms with Gasteiger partial charge in [-0.1, -0.05) is 6.92 Å². The van der Waals surface area contributed by atoms with E-state index in [9.17, 15) is 0 Å². The summed E-state index contributed by atoms with van der Waals surface area (Å²) in [7, 11) is 2.62. The maximum absolute atomic E-state index is 3.72. The molecule has 0 aliphatic carbocycles. The van der Waals surface area contributed by atoms with Gasteiger partial charge in [-0.2, -0.15) is 0 Å². The first kappa shape index (κ1) is 5.43. The average Bonchev–Trinajstić information content (AvgIpc) is 1.38. The van der Waals surface area contributed by atoms with E-state index in [4.69, 9.17) is 0 Å². The van der Waals surface area contributed by atoms with Gasteiger partial charge in [-0.3, -0.25) is 0 Å². The summed E-state index contributed by atoms with van der Waals surface area (Å²) in [4.78, 5) is 0. The lowest BCUT2D eigenvalue weighted by Gasteiger charge is -1.90. The molecule has 0 aromatic heterocycles. The first-order valence-corrected chi connectivity index (χ1v) is 2.52. The Balaban J connectivity index is 2.54. The van der Waals surface area contributed by atoms with E-state index in [2.05, 4.69) is 23.1 Å². The second-order valence-corrected chi connectivity index (χ2v) is 2.11. The zero-order valence-electron chi connectivity index (χ0n) is 3.57. The quantitative estimate of drug-likeness (QED) is 0.427.